The van der Waals surface area contributed by atoms with E-state index in [-0.39, 0.29) is 132 Å². The molecule has 0 spiro atoms. The maximum Gasteiger partial charge on any atom is 0.113 e. The number of aromatic nitrogens is 6. The van der Waals surface area contributed by atoms with Gasteiger partial charge in [0.15, 0.2) is 0 Å². The van der Waals surface area contributed by atoms with Gasteiger partial charge in [-0.05, 0) is 144 Å². The van der Waals surface area contributed by atoms with Crippen molar-refractivity contribution in [3.8, 4) is 73.3 Å². The van der Waals surface area contributed by atoms with E-state index in [9.17, 15) is 17.6 Å². The molecule has 12 aromatic carbocycles. The first kappa shape index (κ1) is 96.9. The van der Waals surface area contributed by atoms with Crippen molar-refractivity contribution in [1.82, 2.24) is 29.9 Å². The van der Waals surface area contributed by atoms with E-state index in [0.717, 1.165) is 99.2 Å². The minimum atomic E-state index is -0.694. The van der Waals surface area contributed by atoms with Gasteiger partial charge in [0, 0.05) is 198 Å². The van der Waals surface area contributed by atoms with Crippen LogP contribution in [0.5, 0.6) is 5.75 Å². The summed E-state index contributed by atoms with van der Waals surface area (Å²) in [6.45, 7) is 6.44. The first-order valence-electron chi connectivity index (χ1n) is 37.4. The van der Waals surface area contributed by atoms with E-state index < -0.39 is 23.3 Å². The fourth-order valence-electron chi connectivity index (χ4n) is 12.7. The largest absolute Gasteiger partial charge is 0.497 e. The van der Waals surface area contributed by atoms with E-state index in [1.54, 1.807) is 24.4 Å². The Morgan fingerprint density at radius 3 is 1.10 bits per heavy atom. The van der Waals surface area contributed by atoms with Crippen LogP contribution in [0.2, 0.25) is 0 Å². The van der Waals surface area contributed by atoms with Crippen molar-refractivity contribution in [2.45, 2.75) is 46.5 Å². The molecule has 8 nitrogen and oxygen atoms in total. The number of anilines is 3. The Labute approximate surface area is 780 Å². The molecule has 6 heterocycles. The van der Waals surface area contributed by atoms with Crippen LogP contribution in [0.4, 0.5) is 34.6 Å². The number of benzene rings is 12. The Morgan fingerprint density at radius 1 is 0.333 bits per heavy atom. The number of nitrogens with zero attached hydrogens (tertiary/aromatic N) is 7. The molecule has 0 saturated carbocycles. The minimum Gasteiger partial charge on any atom is -0.497 e. The van der Waals surface area contributed by atoms with Gasteiger partial charge < -0.3 is 39.5 Å². The van der Waals surface area contributed by atoms with Gasteiger partial charge in [-0.2, -0.15) is 0 Å². The quantitative estimate of drug-likeness (QED) is 0.0786. The van der Waals surface area contributed by atoms with Crippen molar-refractivity contribution in [3.05, 3.63) is 423 Å². The van der Waals surface area contributed by atoms with Crippen LogP contribution in [-0.2, 0) is 133 Å². The van der Waals surface area contributed by atoms with Gasteiger partial charge in [-0.1, -0.05) is 209 Å². The van der Waals surface area contributed by atoms with Gasteiger partial charge in [-0.3, -0.25) is 17.6 Å². The molecule has 0 aliphatic carbocycles. The van der Waals surface area contributed by atoms with Gasteiger partial charge in [0.1, 0.15) is 5.75 Å². The van der Waals surface area contributed by atoms with Crippen molar-refractivity contribution in [2.75, 3.05) is 12.0 Å². The van der Waals surface area contributed by atoms with E-state index >= 15 is 0 Å². The summed E-state index contributed by atoms with van der Waals surface area (Å²) in [4.78, 5) is 28.2. The maximum atomic E-state index is 14.2. The van der Waals surface area contributed by atoms with Crippen LogP contribution in [-0.4, -0.2) is 37.0 Å². The number of para-hydroxylation sites is 2. The molecule has 120 heavy (non-hydrogen) atoms. The number of rotatable bonds is 14. The molecule has 0 saturated heterocycles. The number of pyridine rings is 6. The Hall–Kier alpha value is -10.2. The molecule has 614 valence electrons. The van der Waals surface area contributed by atoms with Crippen molar-refractivity contribution in [3.63, 3.8) is 0 Å². The zero-order valence-corrected chi connectivity index (χ0v) is 79.7. The number of aryl methyl sites for hydroxylation is 3. The summed E-state index contributed by atoms with van der Waals surface area (Å²) in [5.41, 5.74) is 15.9. The molecule has 0 N–H and O–H groups in total. The second-order valence-corrected chi connectivity index (χ2v) is 26.3. The molecule has 0 aliphatic rings. The topological polar surface area (TPSA) is 89.8 Å². The standard InChI is InChI=1S/C23H15F2N2.C19H18N.C17H14N.C16H12N.C15H10N.C12H8F2NO.6Ir/c24-17-11-12-21(22(25)15-17)23-16-20(13-14-26-23)27(18-7-3-1-4-8-18)19-9-5-2-6-10-19;1-2-3-6-15-9-11-17(12-10-15)19-18-8-5-4-7-16(18)13-14-20-19;1-2-13-7-9-15(10-8-13)17-16-6-4-3-5-14(16)11-12-18-17;1-12-6-8-14(9-7-12)16-15-5-3-2-4-13(15)10-11-17-16;1-2-7-13(8-3-1)15-14-9-5-4-6-12(14)10-11-16-15;1-16-9-4-5-15-12(7-9)10-3-2-8(13)6-11(10)14;;;;;;/h1-11,13-16H;4-5,7-11,13-14H,2-3,6H2,1H3;3-9,11-12H,2H2,1H3;2-8,10-11H,1H3;1-7,9-11H;2,4-7H,1H3;;;;;;/q6*-1;;;;;;. The van der Waals surface area contributed by atoms with Crippen molar-refractivity contribution in [2.24, 2.45) is 0 Å². The van der Waals surface area contributed by atoms with Crippen LogP contribution < -0.4 is 9.64 Å². The monoisotopic (exact) mass is 2650 g/mol. The summed E-state index contributed by atoms with van der Waals surface area (Å²) in [6.07, 6.45) is 15.2. The third-order valence-electron chi connectivity index (χ3n) is 18.6. The normalized spacial score (nSPS) is 10.1. The molecule has 18 rings (SSSR count). The van der Waals surface area contributed by atoms with Crippen LogP contribution in [0, 0.1) is 66.6 Å². The second-order valence-electron chi connectivity index (χ2n) is 26.3. The number of methoxy groups -OCH3 is 1. The SMILES string of the molecule is CCCCc1c[c-]c(-c2nccc3ccccc23)cc1.CCc1c[c-]c(-c2nccc3ccccc23)cc1.COc1ccnc(-c2[c-]cc(F)cc2F)c1.Cc1c[c-]c(-c2nccc3ccccc23)cc1.Fc1c[c-]c(-c2cc(N(c3ccccc3)c3ccccc3)ccn2)c(F)c1.[Ir].[Ir].[Ir].[Ir].[Ir].[Ir].[c-]1ccccc1-c1nccc2ccccc12. The van der Waals surface area contributed by atoms with Crippen LogP contribution in [0.1, 0.15) is 43.4 Å². The van der Waals surface area contributed by atoms with E-state index in [1.807, 2.05) is 175 Å². The zero-order chi connectivity index (χ0) is 78.8. The predicted octanol–water partition coefficient (Wildman–Crippen LogP) is 26.1. The van der Waals surface area contributed by atoms with Gasteiger partial charge in [-0.25, -0.2) is 0 Å². The first-order valence-corrected chi connectivity index (χ1v) is 37.4. The smallest absolute Gasteiger partial charge is 0.113 e. The average molecular weight is 2650 g/mol. The van der Waals surface area contributed by atoms with E-state index in [2.05, 4.69) is 208 Å². The van der Waals surface area contributed by atoms with Gasteiger partial charge >= 0.3 is 0 Å². The van der Waals surface area contributed by atoms with Crippen LogP contribution in [0.15, 0.2) is 347 Å². The van der Waals surface area contributed by atoms with Crippen molar-refractivity contribution < 1.29 is 143 Å². The molecule has 18 heteroatoms. The van der Waals surface area contributed by atoms with Gasteiger partial charge in [-0.15, -0.1) is 166 Å². The Kier molecular flexibility index (Phi) is 40.0. The summed E-state index contributed by atoms with van der Waals surface area (Å²) in [5, 5.41) is 9.59. The molecular formula is C102H77F4Ir6N7O-6. The molecule has 0 fully saturated rings. The van der Waals surface area contributed by atoms with Crippen molar-refractivity contribution >= 4 is 60.2 Å². The number of hydrogen-bond donors (Lipinski definition) is 0. The van der Waals surface area contributed by atoms with E-state index in [4.69, 9.17) is 4.74 Å². The van der Waals surface area contributed by atoms with Gasteiger partial charge in [0.2, 0.25) is 0 Å². The first-order chi connectivity index (χ1) is 56.0. The molecule has 0 aliphatic heterocycles. The zero-order valence-electron chi connectivity index (χ0n) is 65.3. The molecule has 0 bridgehead atoms. The van der Waals surface area contributed by atoms with Crippen LogP contribution >= 0.6 is 0 Å². The number of halogens is 4. The second kappa shape index (κ2) is 49.5. The average Bonchev–Trinajstić information content (AvgIpc) is 0.812. The minimum absolute atomic E-state index is 0. The Bertz CT molecular complexity index is 6110. The number of fused-ring (bicyclic) bond motifs is 4. The Morgan fingerprint density at radius 2 is 0.717 bits per heavy atom. The molecule has 0 unspecified atom stereocenters. The van der Waals surface area contributed by atoms with Gasteiger partial charge in [0.05, 0.1) is 7.11 Å². The van der Waals surface area contributed by atoms with E-state index in [0.29, 0.717) is 17.1 Å². The molecule has 0 atom stereocenters. The molecule has 6 radical (unpaired) electrons. The van der Waals surface area contributed by atoms with E-state index in [1.165, 1.54) is 85.9 Å². The van der Waals surface area contributed by atoms with Crippen LogP contribution in [0.25, 0.3) is 111 Å². The third kappa shape index (κ3) is 25.9. The fraction of sp³-hybridized carbons (Fsp3) is 0.0784. The Balaban J connectivity index is 0.000000198. The molecule has 6 aromatic heterocycles. The van der Waals surface area contributed by atoms with Crippen LogP contribution in [0.3, 0.4) is 0 Å². The van der Waals surface area contributed by atoms with Gasteiger partial charge in [0.25, 0.3) is 0 Å². The number of unbranched alkanes of at least 4 members (excludes halogenated alkanes) is 1. The maximum absolute atomic E-state index is 14.2. The number of hydrogen-bond acceptors (Lipinski definition) is 8. The van der Waals surface area contributed by atoms with Crippen molar-refractivity contribution in [1.29, 1.82) is 0 Å². The summed E-state index contributed by atoms with van der Waals surface area (Å²) < 4.78 is 58.5. The summed E-state index contributed by atoms with van der Waals surface area (Å²) in [5.74, 6) is -2.15. The molecule has 0 amide bonds. The summed E-state index contributed by atoms with van der Waals surface area (Å²) in [7, 11) is 1.50. The summed E-state index contributed by atoms with van der Waals surface area (Å²) >= 11 is 0. The fourth-order valence-corrected chi connectivity index (χ4v) is 12.7. The summed E-state index contributed by atoms with van der Waals surface area (Å²) in [6, 6.07) is 117. The number of ether oxygens (including phenoxy) is 1. The molecular weight excluding hydrogens is 2570 g/mol. The third-order valence-corrected chi connectivity index (χ3v) is 18.6. The predicted molar refractivity (Wildman–Crippen MR) is 455 cm³/mol. The molecule has 18 aromatic rings.